The third-order valence-corrected chi connectivity index (χ3v) is 5.97. The second-order valence-electron chi connectivity index (χ2n) is 8.93. The molecule has 0 saturated heterocycles. The van der Waals surface area contributed by atoms with E-state index in [1.165, 1.54) is 70.6 Å². The van der Waals surface area contributed by atoms with Gasteiger partial charge in [-0.05, 0) is 25.7 Å². The number of likely N-dealkylation sites (N-methyl/N-ethyl adjacent to an activating group) is 1. The molecule has 1 atom stereocenters. The van der Waals surface area contributed by atoms with Gasteiger partial charge >= 0.3 is 0 Å². The number of carbonyl (C=O) groups is 3. The highest BCUT2D eigenvalue weighted by Gasteiger charge is 2.18. The lowest BCUT2D eigenvalue weighted by molar-refractivity contribution is -0.128. The van der Waals surface area contributed by atoms with Crippen LogP contribution in [0.25, 0.3) is 0 Å². The van der Waals surface area contributed by atoms with Crippen molar-refractivity contribution in [1.82, 2.24) is 16.0 Å². The van der Waals surface area contributed by atoms with Gasteiger partial charge in [-0.2, -0.15) is 0 Å². The van der Waals surface area contributed by atoms with Gasteiger partial charge in [0.15, 0.2) is 0 Å². The lowest BCUT2D eigenvalue weighted by atomic mass is 10.0. The maximum atomic E-state index is 11.9. The van der Waals surface area contributed by atoms with E-state index in [2.05, 4.69) is 22.9 Å². The van der Waals surface area contributed by atoms with Crippen molar-refractivity contribution in [1.29, 1.82) is 0 Å². The molecule has 0 spiro atoms. The Morgan fingerprint density at radius 2 is 1.19 bits per heavy atom. The van der Waals surface area contributed by atoms with Gasteiger partial charge in [0, 0.05) is 26.4 Å². The van der Waals surface area contributed by atoms with Crippen LogP contribution in [0, 0.1) is 0 Å². The zero-order chi connectivity index (χ0) is 23.9. The Bertz CT molecular complexity index is 483. The van der Waals surface area contributed by atoms with E-state index in [4.69, 9.17) is 0 Å². The second kappa shape index (κ2) is 22.6. The molecule has 0 heterocycles. The number of hydrogen-bond acceptors (Lipinski definition) is 3. The summed E-state index contributed by atoms with van der Waals surface area (Å²) < 4.78 is 0. The average molecular weight is 454 g/mol. The molecule has 32 heavy (non-hydrogen) atoms. The van der Waals surface area contributed by atoms with Gasteiger partial charge in [0.1, 0.15) is 6.04 Å². The highest BCUT2D eigenvalue weighted by Crippen LogP contribution is 2.13. The summed E-state index contributed by atoms with van der Waals surface area (Å²) in [5.74, 6) is -0.168. The Balaban J connectivity index is 3.52. The van der Waals surface area contributed by atoms with Gasteiger partial charge in [-0.25, -0.2) is 0 Å². The fourth-order valence-electron chi connectivity index (χ4n) is 3.83. The van der Waals surface area contributed by atoms with E-state index >= 15 is 0 Å². The predicted molar refractivity (Wildman–Crippen MR) is 133 cm³/mol. The van der Waals surface area contributed by atoms with Crippen LogP contribution in [-0.4, -0.2) is 37.4 Å². The molecule has 0 aliphatic carbocycles. The molecule has 0 fully saturated rings. The maximum absolute atomic E-state index is 11.9. The molecule has 0 unspecified atom stereocenters. The summed E-state index contributed by atoms with van der Waals surface area (Å²) in [4.78, 5) is 35.3. The van der Waals surface area contributed by atoms with Crippen LogP contribution in [0.2, 0.25) is 0 Å². The average Bonchev–Trinajstić information content (AvgIpc) is 2.80. The predicted octanol–water partition coefficient (Wildman–Crippen LogP) is 5.40. The summed E-state index contributed by atoms with van der Waals surface area (Å²) in [6.07, 6.45) is 20.1. The minimum Gasteiger partial charge on any atom is -0.357 e. The molecule has 0 aliphatic heterocycles. The maximum Gasteiger partial charge on any atom is 0.242 e. The van der Waals surface area contributed by atoms with Crippen LogP contribution < -0.4 is 16.0 Å². The van der Waals surface area contributed by atoms with E-state index in [1.54, 1.807) is 14.0 Å². The zero-order valence-electron chi connectivity index (χ0n) is 21.2. The first-order valence-electron chi connectivity index (χ1n) is 13.3. The highest BCUT2D eigenvalue weighted by molar-refractivity contribution is 5.87. The summed E-state index contributed by atoms with van der Waals surface area (Å²) in [6, 6.07) is -0.492. The van der Waals surface area contributed by atoms with Gasteiger partial charge < -0.3 is 16.0 Å². The van der Waals surface area contributed by atoms with E-state index in [9.17, 15) is 14.4 Å². The molecule has 0 aromatic rings. The van der Waals surface area contributed by atoms with E-state index in [1.807, 2.05) is 0 Å². The van der Waals surface area contributed by atoms with Crippen LogP contribution in [0.3, 0.4) is 0 Å². The first kappa shape index (κ1) is 30.4. The van der Waals surface area contributed by atoms with E-state index in [-0.39, 0.29) is 17.7 Å². The van der Waals surface area contributed by atoms with Crippen LogP contribution >= 0.6 is 0 Å². The summed E-state index contributed by atoms with van der Waals surface area (Å²) >= 11 is 0. The van der Waals surface area contributed by atoms with Crippen molar-refractivity contribution in [2.75, 3.05) is 13.6 Å². The molecule has 0 radical (unpaired) electrons. The van der Waals surface area contributed by atoms with E-state index in [0.717, 1.165) is 25.7 Å². The first-order chi connectivity index (χ1) is 15.5. The fraction of sp³-hybridized carbons (Fsp3) is 0.885. The molecule has 3 N–H and O–H groups in total. The normalized spacial score (nSPS) is 11.7. The number of amides is 3. The van der Waals surface area contributed by atoms with Gasteiger partial charge in [-0.1, -0.05) is 90.9 Å². The third-order valence-electron chi connectivity index (χ3n) is 5.97. The minimum atomic E-state index is -0.492. The summed E-state index contributed by atoms with van der Waals surface area (Å²) in [7, 11) is 1.57. The van der Waals surface area contributed by atoms with Gasteiger partial charge in [-0.15, -0.1) is 0 Å². The number of unbranched alkanes of at least 4 members (excludes halogenated alkanes) is 13. The molecule has 6 nitrogen and oxygen atoms in total. The van der Waals surface area contributed by atoms with E-state index in [0.29, 0.717) is 25.8 Å². The van der Waals surface area contributed by atoms with Crippen molar-refractivity contribution >= 4 is 17.7 Å². The molecule has 0 aromatic carbocycles. The Hall–Kier alpha value is -1.59. The Morgan fingerprint density at radius 3 is 1.69 bits per heavy atom. The van der Waals surface area contributed by atoms with Gasteiger partial charge in [0.25, 0.3) is 0 Å². The van der Waals surface area contributed by atoms with Crippen molar-refractivity contribution in [3.8, 4) is 0 Å². The van der Waals surface area contributed by atoms with Crippen LogP contribution in [0.4, 0.5) is 0 Å². The molecular formula is C26H51N3O3. The zero-order valence-corrected chi connectivity index (χ0v) is 21.2. The fourth-order valence-corrected chi connectivity index (χ4v) is 3.83. The first-order valence-corrected chi connectivity index (χ1v) is 13.3. The molecule has 3 amide bonds. The standard InChI is InChI=1S/C26H51N3O3/c1-4-6-7-8-9-10-11-12-13-14-15-16-17-21-25(31)28-22-19-18-20-23(26(32)27-3)29-24(30)5-2/h23H,4-22H2,1-3H3,(H,27,32)(H,28,31)(H,29,30)/t23-/m0/s1. The summed E-state index contributed by atoms with van der Waals surface area (Å²) in [6.45, 7) is 4.65. The van der Waals surface area contributed by atoms with Crippen LogP contribution in [0.5, 0.6) is 0 Å². The molecule has 6 heteroatoms. The van der Waals surface area contributed by atoms with Crippen molar-refractivity contribution in [3.05, 3.63) is 0 Å². The summed E-state index contributed by atoms with van der Waals surface area (Å²) in [5.41, 5.74) is 0. The molecular weight excluding hydrogens is 402 g/mol. The quantitative estimate of drug-likeness (QED) is 0.192. The number of rotatable bonds is 22. The monoisotopic (exact) mass is 453 g/mol. The van der Waals surface area contributed by atoms with Crippen molar-refractivity contribution in [2.24, 2.45) is 0 Å². The van der Waals surface area contributed by atoms with Crippen LogP contribution in [-0.2, 0) is 14.4 Å². The Labute approximate surface area is 197 Å². The molecule has 0 rings (SSSR count). The highest BCUT2D eigenvalue weighted by atomic mass is 16.2. The number of nitrogens with one attached hydrogen (secondary N) is 3. The smallest absolute Gasteiger partial charge is 0.242 e. The lowest BCUT2D eigenvalue weighted by Crippen LogP contribution is -2.45. The van der Waals surface area contributed by atoms with Crippen LogP contribution in [0.15, 0.2) is 0 Å². The number of carbonyl (C=O) groups excluding carboxylic acids is 3. The van der Waals surface area contributed by atoms with Gasteiger partial charge in [0.2, 0.25) is 17.7 Å². The van der Waals surface area contributed by atoms with Crippen molar-refractivity contribution in [2.45, 2.75) is 135 Å². The lowest BCUT2D eigenvalue weighted by Gasteiger charge is -2.16. The minimum absolute atomic E-state index is 0.121. The Kier molecular flexibility index (Phi) is 21.5. The molecule has 0 saturated carbocycles. The molecule has 0 aliphatic rings. The second-order valence-corrected chi connectivity index (χ2v) is 8.93. The molecule has 0 aromatic heterocycles. The van der Waals surface area contributed by atoms with E-state index < -0.39 is 6.04 Å². The largest absolute Gasteiger partial charge is 0.357 e. The molecule has 0 bridgehead atoms. The van der Waals surface area contributed by atoms with Gasteiger partial charge in [-0.3, -0.25) is 14.4 Å². The summed E-state index contributed by atoms with van der Waals surface area (Å²) in [5, 5.41) is 8.30. The topological polar surface area (TPSA) is 87.3 Å². The number of hydrogen-bond donors (Lipinski definition) is 3. The Morgan fingerprint density at radius 1 is 0.656 bits per heavy atom. The van der Waals surface area contributed by atoms with Crippen molar-refractivity contribution < 1.29 is 14.4 Å². The third kappa shape index (κ3) is 19.1. The van der Waals surface area contributed by atoms with Gasteiger partial charge in [0.05, 0.1) is 0 Å². The molecule has 188 valence electrons. The van der Waals surface area contributed by atoms with Crippen molar-refractivity contribution in [3.63, 3.8) is 0 Å². The van der Waals surface area contributed by atoms with Crippen LogP contribution in [0.1, 0.15) is 129 Å². The SMILES string of the molecule is CCCCCCCCCCCCCCCC(=O)NCCCC[C@H](NC(=O)CC)C(=O)NC.